The van der Waals surface area contributed by atoms with E-state index < -0.39 is 35.0 Å². The third-order valence-corrected chi connectivity index (χ3v) is 2.35. The molecule has 0 bridgehead atoms. The van der Waals surface area contributed by atoms with Gasteiger partial charge in [0, 0.05) is 0 Å². The smallest absolute Gasteiger partial charge is 0.412 e. The molecule has 0 saturated carbocycles. The summed E-state index contributed by atoms with van der Waals surface area (Å²) in [5, 5.41) is 2.15. The number of hydrogen-bond acceptors (Lipinski definition) is 5. The maximum atomic E-state index is 13.9. The van der Waals surface area contributed by atoms with Gasteiger partial charge in [-0.25, -0.2) is 14.0 Å². The fourth-order valence-corrected chi connectivity index (χ4v) is 1.55. The molecule has 0 aliphatic heterocycles. The van der Waals surface area contributed by atoms with Gasteiger partial charge in [0.25, 0.3) is 5.78 Å². The molecule has 1 amide bonds. The minimum absolute atomic E-state index is 0.00865. The molecule has 0 unspecified atom stereocenters. The van der Waals surface area contributed by atoms with Crippen molar-refractivity contribution in [2.24, 2.45) is 0 Å². The highest BCUT2D eigenvalue weighted by atomic mass is 19.1. The van der Waals surface area contributed by atoms with Crippen LogP contribution in [0.15, 0.2) is 18.2 Å². The topological polar surface area (TPSA) is 81.7 Å². The predicted molar refractivity (Wildman–Crippen MR) is 77.2 cm³/mol. The standard InChI is InChI=1S/C15H18FNO5/c1-5-21-13(19)12(18)9-7-6-8-10(16)11(9)17-14(20)22-15(2,3)4/h6-8H,5H2,1-4H3,(H,17,20). The van der Waals surface area contributed by atoms with Crippen LogP contribution in [0.1, 0.15) is 38.1 Å². The lowest BCUT2D eigenvalue weighted by atomic mass is 10.1. The monoisotopic (exact) mass is 311 g/mol. The Kier molecular flexibility index (Phi) is 5.62. The lowest BCUT2D eigenvalue weighted by Crippen LogP contribution is -2.28. The Labute approximate surface area is 127 Å². The number of carbonyl (C=O) groups excluding carboxylic acids is 3. The number of rotatable bonds is 4. The molecule has 1 N–H and O–H groups in total. The molecule has 1 aromatic carbocycles. The van der Waals surface area contributed by atoms with E-state index in [4.69, 9.17) is 4.74 Å². The molecule has 1 rings (SSSR count). The third kappa shape index (κ3) is 4.83. The fraction of sp³-hybridized carbons (Fsp3) is 0.400. The molecular formula is C15H18FNO5. The van der Waals surface area contributed by atoms with Crippen LogP contribution in [0.4, 0.5) is 14.9 Å². The van der Waals surface area contributed by atoms with E-state index in [1.54, 1.807) is 20.8 Å². The van der Waals surface area contributed by atoms with Crippen LogP contribution >= 0.6 is 0 Å². The molecule has 1 aromatic rings. The number of hydrogen-bond donors (Lipinski definition) is 1. The molecule has 0 aliphatic rings. The van der Waals surface area contributed by atoms with Crippen molar-refractivity contribution < 1.29 is 28.2 Å². The molecule has 0 spiro atoms. The van der Waals surface area contributed by atoms with Gasteiger partial charge in [0.2, 0.25) is 0 Å². The molecule has 0 atom stereocenters. The van der Waals surface area contributed by atoms with Crippen molar-refractivity contribution in [1.82, 2.24) is 0 Å². The Morgan fingerprint density at radius 1 is 1.23 bits per heavy atom. The first-order valence-corrected chi connectivity index (χ1v) is 6.65. The Morgan fingerprint density at radius 2 is 1.86 bits per heavy atom. The van der Waals surface area contributed by atoms with E-state index >= 15 is 0 Å². The van der Waals surface area contributed by atoms with Crippen LogP contribution in [0.5, 0.6) is 0 Å². The first kappa shape index (κ1) is 17.6. The summed E-state index contributed by atoms with van der Waals surface area (Å²) in [4.78, 5) is 35.1. The van der Waals surface area contributed by atoms with Crippen LogP contribution in [0.3, 0.4) is 0 Å². The first-order valence-electron chi connectivity index (χ1n) is 6.65. The van der Waals surface area contributed by atoms with Crippen molar-refractivity contribution in [3.8, 4) is 0 Å². The molecular weight excluding hydrogens is 293 g/mol. The van der Waals surface area contributed by atoms with Crippen LogP contribution in [0.25, 0.3) is 0 Å². The number of carbonyl (C=O) groups is 3. The normalized spacial score (nSPS) is 10.8. The van der Waals surface area contributed by atoms with Crippen molar-refractivity contribution in [2.75, 3.05) is 11.9 Å². The number of benzene rings is 1. The van der Waals surface area contributed by atoms with Gasteiger partial charge in [0.1, 0.15) is 11.4 Å². The summed E-state index contributed by atoms with van der Waals surface area (Å²) in [6, 6.07) is 3.52. The highest BCUT2D eigenvalue weighted by molar-refractivity contribution is 6.42. The summed E-state index contributed by atoms with van der Waals surface area (Å²) in [6.07, 6.45) is -0.935. The van der Waals surface area contributed by atoms with E-state index in [0.717, 1.165) is 6.07 Å². The van der Waals surface area contributed by atoms with Crippen LogP contribution in [0, 0.1) is 5.82 Å². The average Bonchev–Trinajstić information content (AvgIpc) is 2.38. The second-order valence-corrected chi connectivity index (χ2v) is 5.34. The van der Waals surface area contributed by atoms with Crippen molar-refractivity contribution in [3.63, 3.8) is 0 Å². The largest absolute Gasteiger partial charge is 0.460 e. The highest BCUT2D eigenvalue weighted by Crippen LogP contribution is 2.22. The molecule has 0 aromatic heterocycles. The van der Waals surface area contributed by atoms with Gasteiger partial charge in [-0.3, -0.25) is 10.1 Å². The molecule has 0 saturated heterocycles. The van der Waals surface area contributed by atoms with E-state index in [2.05, 4.69) is 10.1 Å². The zero-order chi connectivity index (χ0) is 16.9. The van der Waals surface area contributed by atoms with E-state index in [-0.39, 0.29) is 12.2 Å². The van der Waals surface area contributed by atoms with E-state index in [9.17, 15) is 18.8 Å². The minimum Gasteiger partial charge on any atom is -0.460 e. The van der Waals surface area contributed by atoms with Gasteiger partial charge >= 0.3 is 12.1 Å². The van der Waals surface area contributed by atoms with E-state index in [0.29, 0.717) is 0 Å². The lowest BCUT2D eigenvalue weighted by molar-refractivity contribution is -0.137. The summed E-state index contributed by atoms with van der Waals surface area (Å²) in [6.45, 7) is 6.46. The van der Waals surface area contributed by atoms with Crippen LogP contribution in [0.2, 0.25) is 0 Å². The maximum absolute atomic E-state index is 13.9. The van der Waals surface area contributed by atoms with Gasteiger partial charge < -0.3 is 9.47 Å². The number of Topliss-reactive ketones (excluding diaryl/α,β-unsaturated/α-hetero) is 1. The SMILES string of the molecule is CCOC(=O)C(=O)c1cccc(F)c1NC(=O)OC(C)(C)C. The number of para-hydroxylation sites is 1. The molecule has 6 nitrogen and oxygen atoms in total. The fourth-order valence-electron chi connectivity index (χ4n) is 1.55. The number of amides is 1. The molecule has 0 heterocycles. The molecule has 22 heavy (non-hydrogen) atoms. The third-order valence-electron chi connectivity index (χ3n) is 2.35. The number of nitrogens with one attached hydrogen (secondary N) is 1. The average molecular weight is 311 g/mol. The van der Waals surface area contributed by atoms with Gasteiger partial charge in [0.05, 0.1) is 17.9 Å². The molecule has 0 fully saturated rings. The summed E-state index contributed by atoms with van der Waals surface area (Å²) < 4.78 is 23.5. The second kappa shape index (κ2) is 7.02. The summed E-state index contributed by atoms with van der Waals surface area (Å²) in [5.74, 6) is -3.03. The molecule has 0 radical (unpaired) electrons. The minimum atomic E-state index is -1.12. The van der Waals surface area contributed by atoms with Crippen molar-refractivity contribution in [2.45, 2.75) is 33.3 Å². The van der Waals surface area contributed by atoms with Crippen LogP contribution in [-0.2, 0) is 14.3 Å². The lowest BCUT2D eigenvalue weighted by Gasteiger charge is -2.20. The molecule has 7 heteroatoms. The Bertz CT molecular complexity index is 592. The van der Waals surface area contributed by atoms with E-state index in [1.165, 1.54) is 19.1 Å². The zero-order valence-corrected chi connectivity index (χ0v) is 12.9. The number of ketones is 1. The summed E-state index contributed by atoms with van der Waals surface area (Å²) in [7, 11) is 0. The number of anilines is 1. The summed E-state index contributed by atoms with van der Waals surface area (Å²) in [5.41, 5.74) is -1.51. The van der Waals surface area contributed by atoms with E-state index in [1.807, 2.05) is 0 Å². The first-order chi connectivity index (χ1) is 10.2. The predicted octanol–water partition coefficient (Wildman–Crippen LogP) is 2.92. The molecule has 120 valence electrons. The van der Waals surface area contributed by atoms with Gasteiger partial charge in [0.15, 0.2) is 0 Å². The number of halogens is 1. The molecule has 0 aliphatic carbocycles. The Morgan fingerprint density at radius 3 is 2.41 bits per heavy atom. The number of ether oxygens (including phenoxy) is 2. The highest BCUT2D eigenvalue weighted by Gasteiger charge is 2.25. The summed E-state index contributed by atoms with van der Waals surface area (Å²) >= 11 is 0. The van der Waals surface area contributed by atoms with Gasteiger partial charge in [-0.05, 0) is 39.8 Å². The zero-order valence-electron chi connectivity index (χ0n) is 12.9. The quantitative estimate of drug-likeness (QED) is 0.525. The van der Waals surface area contributed by atoms with Crippen molar-refractivity contribution in [1.29, 1.82) is 0 Å². The van der Waals surface area contributed by atoms with Gasteiger partial charge in [-0.2, -0.15) is 0 Å². The Hall–Kier alpha value is -2.44. The maximum Gasteiger partial charge on any atom is 0.412 e. The van der Waals surface area contributed by atoms with Crippen LogP contribution in [-0.4, -0.2) is 30.1 Å². The van der Waals surface area contributed by atoms with Crippen LogP contribution < -0.4 is 5.32 Å². The van der Waals surface area contributed by atoms with Crippen molar-refractivity contribution in [3.05, 3.63) is 29.6 Å². The van der Waals surface area contributed by atoms with Gasteiger partial charge in [-0.15, -0.1) is 0 Å². The van der Waals surface area contributed by atoms with Crippen molar-refractivity contribution >= 4 is 23.5 Å². The number of esters is 1. The second-order valence-electron chi connectivity index (χ2n) is 5.34. The van der Waals surface area contributed by atoms with Gasteiger partial charge in [-0.1, -0.05) is 6.07 Å². The Balaban J connectivity index is 3.07.